The summed E-state index contributed by atoms with van der Waals surface area (Å²) in [5.41, 5.74) is 0.874. The Balaban J connectivity index is 1.86. The molecule has 0 amide bonds. The summed E-state index contributed by atoms with van der Waals surface area (Å²) in [7, 11) is 0. The minimum Gasteiger partial charge on any atom is -0.489 e. The van der Waals surface area contributed by atoms with Crippen molar-refractivity contribution >= 4 is 33.2 Å². The highest BCUT2D eigenvalue weighted by Crippen LogP contribution is 2.25. The molecule has 0 bridgehead atoms. The van der Waals surface area contributed by atoms with Gasteiger partial charge in [-0.05, 0) is 36.4 Å². The van der Waals surface area contributed by atoms with Crippen LogP contribution < -0.4 is 10.1 Å². The van der Waals surface area contributed by atoms with Gasteiger partial charge in [0.2, 0.25) is 5.82 Å². The molecule has 0 saturated heterocycles. The van der Waals surface area contributed by atoms with Gasteiger partial charge >= 0.3 is 0 Å². The van der Waals surface area contributed by atoms with Crippen LogP contribution in [-0.2, 0) is 0 Å². The van der Waals surface area contributed by atoms with Gasteiger partial charge in [0.05, 0.1) is 0 Å². The Morgan fingerprint density at radius 1 is 1.15 bits per heavy atom. The van der Waals surface area contributed by atoms with Crippen molar-refractivity contribution in [1.29, 1.82) is 0 Å². The minimum absolute atomic E-state index is 0.116. The summed E-state index contributed by atoms with van der Waals surface area (Å²) in [6.45, 7) is 0.657. The molecule has 1 N–H and O–H groups in total. The highest BCUT2D eigenvalue weighted by molar-refractivity contribution is 9.10. The van der Waals surface area contributed by atoms with Gasteiger partial charge in [0, 0.05) is 21.7 Å². The molecule has 0 aliphatic heterocycles. The summed E-state index contributed by atoms with van der Waals surface area (Å²) in [5, 5.41) is 3.73. The maximum absolute atomic E-state index is 13.4. The molecular formula is C14H11BrClF2NO. The van der Waals surface area contributed by atoms with Crippen LogP contribution in [0.4, 0.5) is 14.5 Å². The first-order valence-electron chi connectivity index (χ1n) is 5.83. The first kappa shape index (κ1) is 15.1. The van der Waals surface area contributed by atoms with E-state index in [4.69, 9.17) is 16.3 Å². The Hall–Kier alpha value is -1.33. The van der Waals surface area contributed by atoms with E-state index in [9.17, 15) is 8.78 Å². The van der Waals surface area contributed by atoms with Gasteiger partial charge in [-0.25, -0.2) is 4.39 Å². The van der Waals surface area contributed by atoms with Gasteiger partial charge in [0.1, 0.15) is 6.61 Å². The van der Waals surface area contributed by atoms with E-state index in [0.717, 1.165) is 11.8 Å². The zero-order valence-electron chi connectivity index (χ0n) is 10.3. The van der Waals surface area contributed by atoms with E-state index in [-0.39, 0.29) is 12.4 Å². The average molecular weight is 363 g/mol. The lowest BCUT2D eigenvalue weighted by molar-refractivity contribution is 0.308. The van der Waals surface area contributed by atoms with Gasteiger partial charge in [-0.2, -0.15) is 4.39 Å². The van der Waals surface area contributed by atoms with Crippen LogP contribution >= 0.6 is 27.5 Å². The van der Waals surface area contributed by atoms with Crippen LogP contribution in [0.1, 0.15) is 0 Å². The molecule has 0 atom stereocenters. The topological polar surface area (TPSA) is 21.3 Å². The number of hydrogen-bond donors (Lipinski definition) is 1. The van der Waals surface area contributed by atoms with Crippen molar-refractivity contribution in [3.05, 3.63) is 57.5 Å². The molecule has 2 nitrogen and oxygen atoms in total. The molecule has 0 saturated carbocycles. The molecule has 20 heavy (non-hydrogen) atoms. The molecule has 106 valence electrons. The van der Waals surface area contributed by atoms with E-state index < -0.39 is 11.6 Å². The quantitative estimate of drug-likeness (QED) is 0.605. The molecule has 0 aromatic heterocycles. The first-order valence-corrected chi connectivity index (χ1v) is 7.00. The van der Waals surface area contributed by atoms with Crippen LogP contribution in [0, 0.1) is 11.6 Å². The Morgan fingerprint density at radius 2 is 1.85 bits per heavy atom. The molecular weight excluding hydrogens is 352 g/mol. The van der Waals surface area contributed by atoms with E-state index in [0.29, 0.717) is 16.0 Å². The van der Waals surface area contributed by atoms with Crippen LogP contribution in [-0.4, -0.2) is 13.2 Å². The molecule has 0 heterocycles. The molecule has 0 aliphatic carbocycles. The Labute approximate surface area is 128 Å². The van der Waals surface area contributed by atoms with Gasteiger partial charge in [-0.1, -0.05) is 27.5 Å². The van der Waals surface area contributed by atoms with Crippen molar-refractivity contribution in [2.45, 2.75) is 0 Å². The Morgan fingerprint density at radius 3 is 2.55 bits per heavy atom. The summed E-state index contributed by atoms with van der Waals surface area (Å²) in [6, 6.07) is 9.60. The fraction of sp³-hybridized carbons (Fsp3) is 0.143. The first-order chi connectivity index (χ1) is 9.56. The fourth-order valence-corrected chi connectivity index (χ4v) is 2.10. The van der Waals surface area contributed by atoms with Crippen LogP contribution in [0.3, 0.4) is 0 Å². The predicted octanol–water partition coefficient (Wildman–Crippen LogP) is 4.87. The van der Waals surface area contributed by atoms with E-state index in [2.05, 4.69) is 21.2 Å². The largest absolute Gasteiger partial charge is 0.489 e. The van der Waals surface area contributed by atoms with Gasteiger partial charge in [-0.3, -0.25) is 0 Å². The molecule has 6 heteroatoms. The molecule has 2 aromatic rings. The number of benzene rings is 2. The summed E-state index contributed by atoms with van der Waals surface area (Å²) >= 11 is 8.85. The van der Waals surface area contributed by atoms with E-state index in [1.54, 1.807) is 12.1 Å². The second-order valence-corrected chi connectivity index (χ2v) is 5.33. The van der Waals surface area contributed by atoms with Gasteiger partial charge in [0.25, 0.3) is 0 Å². The van der Waals surface area contributed by atoms with E-state index in [1.165, 1.54) is 6.07 Å². The number of anilines is 1. The molecule has 2 aromatic carbocycles. The third-order valence-corrected chi connectivity index (χ3v) is 3.20. The van der Waals surface area contributed by atoms with Crippen LogP contribution in [0.25, 0.3) is 0 Å². The monoisotopic (exact) mass is 361 g/mol. The molecule has 0 radical (unpaired) electrons. The second kappa shape index (κ2) is 6.90. The normalized spacial score (nSPS) is 10.4. The summed E-state index contributed by atoms with van der Waals surface area (Å²) in [4.78, 5) is 0. The Kier molecular flexibility index (Phi) is 5.20. The maximum atomic E-state index is 13.4. The number of halogens is 4. The van der Waals surface area contributed by atoms with E-state index in [1.807, 2.05) is 12.1 Å². The third-order valence-electron chi connectivity index (χ3n) is 2.49. The lowest BCUT2D eigenvalue weighted by Crippen LogP contribution is -2.12. The standard InChI is InChI=1S/C14H11BrClF2NO/c15-9-7-12(17)14(18)13(8-9)20-6-5-19-11-3-1-10(16)2-4-11/h1-4,7-8,19H,5-6H2. The lowest BCUT2D eigenvalue weighted by Gasteiger charge is -2.10. The highest BCUT2D eigenvalue weighted by Gasteiger charge is 2.10. The van der Waals surface area contributed by atoms with Gasteiger partial charge in [-0.15, -0.1) is 0 Å². The highest BCUT2D eigenvalue weighted by atomic mass is 79.9. The van der Waals surface area contributed by atoms with Crippen molar-refractivity contribution in [3.63, 3.8) is 0 Å². The summed E-state index contributed by atoms with van der Waals surface area (Å²) in [6.07, 6.45) is 0. The molecule has 2 rings (SSSR count). The van der Waals surface area contributed by atoms with Crippen molar-refractivity contribution in [3.8, 4) is 5.75 Å². The predicted molar refractivity (Wildman–Crippen MR) is 79.5 cm³/mol. The minimum atomic E-state index is -0.986. The van der Waals surface area contributed by atoms with Crippen LogP contribution in [0.15, 0.2) is 40.9 Å². The van der Waals surface area contributed by atoms with Crippen LogP contribution in [0.2, 0.25) is 5.02 Å². The molecule has 0 unspecified atom stereocenters. The molecule has 0 fully saturated rings. The summed E-state index contributed by atoms with van der Waals surface area (Å²) < 4.78 is 32.2. The number of hydrogen-bond acceptors (Lipinski definition) is 2. The molecule has 0 aliphatic rings. The maximum Gasteiger partial charge on any atom is 0.200 e. The van der Waals surface area contributed by atoms with Crippen molar-refractivity contribution in [2.75, 3.05) is 18.5 Å². The number of ether oxygens (including phenoxy) is 1. The van der Waals surface area contributed by atoms with Gasteiger partial charge < -0.3 is 10.1 Å². The Bertz CT molecular complexity index is 592. The fourth-order valence-electron chi connectivity index (χ4n) is 1.56. The van der Waals surface area contributed by atoms with Crippen LogP contribution in [0.5, 0.6) is 5.75 Å². The van der Waals surface area contributed by atoms with Crippen molar-refractivity contribution < 1.29 is 13.5 Å². The molecule has 0 spiro atoms. The second-order valence-electron chi connectivity index (χ2n) is 3.98. The van der Waals surface area contributed by atoms with Crippen molar-refractivity contribution in [2.24, 2.45) is 0 Å². The smallest absolute Gasteiger partial charge is 0.200 e. The number of nitrogens with one attached hydrogen (secondary N) is 1. The van der Waals surface area contributed by atoms with E-state index >= 15 is 0 Å². The third kappa shape index (κ3) is 4.08. The lowest BCUT2D eigenvalue weighted by atomic mass is 10.3. The zero-order valence-corrected chi connectivity index (χ0v) is 12.6. The number of rotatable bonds is 5. The zero-order chi connectivity index (χ0) is 14.5. The van der Waals surface area contributed by atoms with Crippen molar-refractivity contribution in [1.82, 2.24) is 0 Å². The SMILES string of the molecule is Fc1cc(Br)cc(OCCNc2ccc(Cl)cc2)c1F. The average Bonchev–Trinajstić information content (AvgIpc) is 2.42. The van der Waals surface area contributed by atoms with Gasteiger partial charge in [0.15, 0.2) is 11.6 Å². The summed E-state index contributed by atoms with van der Waals surface area (Å²) in [5.74, 6) is -2.05.